The van der Waals surface area contributed by atoms with Crippen molar-refractivity contribution in [1.82, 2.24) is 14.7 Å². The predicted octanol–water partition coefficient (Wildman–Crippen LogP) is -0.422. The second-order valence-electron chi connectivity index (χ2n) is 6.44. The molecule has 0 atom stereocenters. The highest BCUT2D eigenvalue weighted by Gasteiger charge is 2.23. The Morgan fingerprint density at radius 1 is 0.826 bits per heavy atom. The summed E-state index contributed by atoms with van der Waals surface area (Å²) in [5, 5.41) is 0. The van der Waals surface area contributed by atoms with Crippen molar-refractivity contribution >= 4 is 21.7 Å². The molecule has 0 saturated carbocycles. The molecule has 0 aromatic heterocycles. The Kier molecular flexibility index (Phi) is 6.41. The topological polar surface area (TPSA) is 78.0 Å². The molecular weight excluding hydrogens is 318 g/mol. The molecular formula is C15H27N3O4S. The Morgan fingerprint density at radius 2 is 1.30 bits per heavy atom. The van der Waals surface area contributed by atoms with E-state index in [9.17, 15) is 18.0 Å². The van der Waals surface area contributed by atoms with E-state index < -0.39 is 9.84 Å². The van der Waals surface area contributed by atoms with Gasteiger partial charge in [-0.05, 0) is 12.8 Å². The van der Waals surface area contributed by atoms with Crippen molar-refractivity contribution in [2.75, 3.05) is 57.8 Å². The van der Waals surface area contributed by atoms with Crippen LogP contribution in [0.3, 0.4) is 0 Å². The van der Waals surface area contributed by atoms with Gasteiger partial charge >= 0.3 is 0 Å². The molecule has 0 unspecified atom stereocenters. The number of sulfone groups is 1. The molecule has 0 aliphatic carbocycles. The van der Waals surface area contributed by atoms with Gasteiger partial charge in [0, 0.05) is 64.9 Å². The minimum absolute atomic E-state index is 0.0281. The molecule has 23 heavy (non-hydrogen) atoms. The van der Waals surface area contributed by atoms with Crippen LogP contribution >= 0.6 is 0 Å². The summed E-state index contributed by atoms with van der Waals surface area (Å²) in [5.74, 6) is 0.272. The van der Waals surface area contributed by atoms with Gasteiger partial charge in [-0.2, -0.15) is 0 Å². The van der Waals surface area contributed by atoms with Crippen LogP contribution in [-0.4, -0.2) is 92.8 Å². The maximum Gasteiger partial charge on any atom is 0.223 e. The normalized spacial score (nSPS) is 20.0. The van der Waals surface area contributed by atoms with E-state index >= 15 is 0 Å². The lowest BCUT2D eigenvalue weighted by molar-refractivity contribution is -0.137. The van der Waals surface area contributed by atoms with Crippen LogP contribution in [0.15, 0.2) is 0 Å². The number of carbonyl (C=O) groups is 2. The summed E-state index contributed by atoms with van der Waals surface area (Å²) in [6.07, 6.45) is 3.94. The largest absolute Gasteiger partial charge is 0.343 e. The molecule has 0 radical (unpaired) electrons. The number of amides is 2. The molecule has 2 rings (SSSR count). The number of rotatable bonds is 6. The summed E-state index contributed by atoms with van der Waals surface area (Å²) < 4.78 is 22.4. The molecule has 2 heterocycles. The molecule has 2 amide bonds. The minimum atomic E-state index is -2.94. The van der Waals surface area contributed by atoms with Gasteiger partial charge < -0.3 is 9.80 Å². The number of hydrogen-bond acceptors (Lipinski definition) is 5. The molecule has 0 bridgehead atoms. The number of piperazine rings is 1. The van der Waals surface area contributed by atoms with Crippen LogP contribution < -0.4 is 0 Å². The van der Waals surface area contributed by atoms with E-state index in [0.29, 0.717) is 39.1 Å². The number of likely N-dealkylation sites (tertiary alicyclic amines) is 1. The van der Waals surface area contributed by atoms with E-state index in [1.165, 1.54) is 6.26 Å². The lowest BCUT2D eigenvalue weighted by atomic mass is 10.2. The molecule has 132 valence electrons. The average Bonchev–Trinajstić information content (AvgIpc) is 3.04. The van der Waals surface area contributed by atoms with Crippen LogP contribution in [0.4, 0.5) is 0 Å². The quantitative estimate of drug-likeness (QED) is 0.653. The van der Waals surface area contributed by atoms with Crippen molar-refractivity contribution < 1.29 is 18.0 Å². The van der Waals surface area contributed by atoms with Gasteiger partial charge in [-0.3, -0.25) is 14.5 Å². The zero-order valence-electron chi connectivity index (χ0n) is 13.9. The Morgan fingerprint density at radius 3 is 1.78 bits per heavy atom. The molecule has 0 N–H and O–H groups in total. The van der Waals surface area contributed by atoms with Crippen molar-refractivity contribution in [2.24, 2.45) is 0 Å². The van der Waals surface area contributed by atoms with Gasteiger partial charge in [0.05, 0.1) is 5.75 Å². The smallest absolute Gasteiger partial charge is 0.223 e. The van der Waals surface area contributed by atoms with E-state index in [4.69, 9.17) is 0 Å². The first-order valence-corrected chi connectivity index (χ1v) is 10.4. The molecule has 7 nitrogen and oxygen atoms in total. The fourth-order valence-corrected chi connectivity index (χ4v) is 3.60. The third kappa shape index (κ3) is 6.10. The van der Waals surface area contributed by atoms with Crippen LogP contribution in [-0.2, 0) is 19.4 Å². The predicted molar refractivity (Wildman–Crippen MR) is 87.8 cm³/mol. The van der Waals surface area contributed by atoms with Gasteiger partial charge in [0.2, 0.25) is 11.8 Å². The van der Waals surface area contributed by atoms with Gasteiger partial charge in [-0.25, -0.2) is 8.42 Å². The van der Waals surface area contributed by atoms with Crippen LogP contribution in [0.2, 0.25) is 0 Å². The molecule has 8 heteroatoms. The fraction of sp³-hybridized carbons (Fsp3) is 0.867. The van der Waals surface area contributed by atoms with Gasteiger partial charge in [-0.1, -0.05) is 0 Å². The van der Waals surface area contributed by atoms with Gasteiger partial charge in [0.15, 0.2) is 0 Å². The maximum absolute atomic E-state index is 12.2. The van der Waals surface area contributed by atoms with Crippen molar-refractivity contribution in [3.8, 4) is 0 Å². The first kappa shape index (κ1) is 18.2. The van der Waals surface area contributed by atoms with Crippen molar-refractivity contribution in [3.63, 3.8) is 0 Å². The van der Waals surface area contributed by atoms with Crippen LogP contribution in [0, 0.1) is 0 Å². The summed E-state index contributed by atoms with van der Waals surface area (Å²) in [5.41, 5.74) is 0. The summed E-state index contributed by atoms with van der Waals surface area (Å²) in [4.78, 5) is 29.8. The lowest BCUT2D eigenvalue weighted by Gasteiger charge is -2.34. The molecule has 0 aromatic rings. The second-order valence-corrected chi connectivity index (χ2v) is 8.70. The van der Waals surface area contributed by atoms with E-state index in [1.54, 1.807) is 4.90 Å². The zero-order valence-corrected chi connectivity index (χ0v) is 14.7. The number of carbonyl (C=O) groups excluding carboxylic acids is 2. The maximum atomic E-state index is 12.2. The van der Waals surface area contributed by atoms with Gasteiger partial charge in [-0.15, -0.1) is 0 Å². The SMILES string of the molecule is CS(=O)(=O)CCN1CCN(C(=O)CCC(=O)N2CCCC2)CC1. The average molecular weight is 345 g/mol. The third-order valence-corrected chi connectivity index (χ3v) is 5.44. The monoisotopic (exact) mass is 345 g/mol. The molecule has 2 fully saturated rings. The Labute approximate surface area is 138 Å². The Balaban J connectivity index is 1.66. The summed E-state index contributed by atoms with van der Waals surface area (Å²) in [6.45, 7) is 4.79. The summed E-state index contributed by atoms with van der Waals surface area (Å²) in [7, 11) is -2.94. The van der Waals surface area contributed by atoms with Crippen molar-refractivity contribution in [3.05, 3.63) is 0 Å². The van der Waals surface area contributed by atoms with E-state index in [2.05, 4.69) is 4.90 Å². The highest BCUT2D eigenvalue weighted by Crippen LogP contribution is 2.11. The zero-order chi connectivity index (χ0) is 16.9. The van der Waals surface area contributed by atoms with Crippen molar-refractivity contribution in [1.29, 1.82) is 0 Å². The molecule has 2 saturated heterocycles. The van der Waals surface area contributed by atoms with Crippen LogP contribution in [0.5, 0.6) is 0 Å². The number of hydrogen-bond donors (Lipinski definition) is 0. The third-order valence-electron chi connectivity index (χ3n) is 4.51. The Bertz CT molecular complexity index is 521. The Hall–Kier alpha value is -1.15. The summed E-state index contributed by atoms with van der Waals surface area (Å²) in [6, 6.07) is 0. The standard InChI is InChI=1S/C15H27N3O4S/c1-23(21,22)13-12-16-8-10-18(11-9-16)15(20)5-4-14(19)17-6-2-3-7-17/h2-13H2,1H3. The second kappa shape index (κ2) is 8.10. The van der Waals surface area contributed by atoms with Crippen LogP contribution in [0.1, 0.15) is 25.7 Å². The van der Waals surface area contributed by atoms with Crippen molar-refractivity contribution in [2.45, 2.75) is 25.7 Å². The first-order valence-electron chi connectivity index (χ1n) is 8.31. The van der Waals surface area contributed by atoms with E-state index in [1.807, 2.05) is 4.90 Å². The highest BCUT2D eigenvalue weighted by molar-refractivity contribution is 7.90. The van der Waals surface area contributed by atoms with Gasteiger partial charge in [0.1, 0.15) is 9.84 Å². The molecule has 0 spiro atoms. The molecule has 0 aromatic carbocycles. The van der Waals surface area contributed by atoms with Gasteiger partial charge in [0.25, 0.3) is 0 Å². The first-order chi connectivity index (χ1) is 10.8. The fourth-order valence-electron chi connectivity index (χ4n) is 3.01. The molecule has 2 aliphatic heterocycles. The van der Waals surface area contributed by atoms with E-state index in [0.717, 1.165) is 25.9 Å². The highest BCUT2D eigenvalue weighted by atomic mass is 32.2. The van der Waals surface area contributed by atoms with Crippen LogP contribution in [0.25, 0.3) is 0 Å². The minimum Gasteiger partial charge on any atom is -0.343 e. The number of nitrogens with zero attached hydrogens (tertiary/aromatic N) is 3. The summed E-state index contributed by atoms with van der Waals surface area (Å²) >= 11 is 0. The molecule has 2 aliphatic rings. The van der Waals surface area contributed by atoms with E-state index in [-0.39, 0.29) is 24.0 Å². The lowest BCUT2D eigenvalue weighted by Crippen LogP contribution is -2.49.